The number of hydrogen-bond donors (Lipinski definition) is 2. The number of alkyl halides is 1. The van der Waals surface area contributed by atoms with Crippen LogP contribution < -0.4 is 10.1 Å². The number of aliphatic hydroxyl groups is 1. The van der Waals surface area contributed by atoms with E-state index in [9.17, 15) is 14.3 Å². The van der Waals surface area contributed by atoms with Crippen molar-refractivity contribution in [1.82, 2.24) is 15.0 Å². The van der Waals surface area contributed by atoms with Gasteiger partial charge in [-0.25, -0.2) is 9.37 Å². The van der Waals surface area contributed by atoms with Gasteiger partial charge in [0.2, 0.25) is 5.88 Å². The Balaban J connectivity index is 1.66. The van der Waals surface area contributed by atoms with E-state index in [0.29, 0.717) is 36.8 Å². The molecule has 35 heavy (non-hydrogen) atoms. The van der Waals surface area contributed by atoms with Crippen LogP contribution in [0.15, 0.2) is 42.9 Å². The fourth-order valence-corrected chi connectivity index (χ4v) is 3.95. The molecule has 4 heterocycles. The zero-order valence-electron chi connectivity index (χ0n) is 20.3. The van der Waals surface area contributed by atoms with Crippen LogP contribution >= 0.6 is 0 Å². The van der Waals surface area contributed by atoms with Gasteiger partial charge in [0.05, 0.1) is 30.8 Å². The Morgan fingerprint density at radius 3 is 2.74 bits per heavy atom. The number of pyridine rings is 3. The van der Waals surface area contributed by atoms with Gasteiger partial charge in [0.25, 0.3) is 5.91 Å². The number of rotatable bonds is 7. The first-order valence-corrected chi connectivity index (χ1v) is 11.5. The Kier molecular flexibility index (Phi) is 6.82. The average molecular weight is 481 g/mol. The van der Waals surface area contributed by atoms with E-state index in [1.54, 1.807) is 18.5 Å². The average Bonchev–Trinajstić information content (AvgIpc) is 3.28. The highest BCUT2D eigenvalue weighted by atomic mass is 19.1. The van der Waals surface area contributed by atoms with Crippen molar-refractivity contribution < 1.29 is 23.8 Å². The summed E-state index contributed by atoms with van der Waals surface area (Å²) in [5.41, 5.74) is 0.808. The number of aromatic nitrogens is 3. The molecular formula is C26H29FN4O4. The molecule has 0 aromatic carbocycles. The molecule has 0 aliphatic carbocycles. The molecule has 9 heteroatoms. The summed E-state index contributed by atoms with van der Waals surface area (Å²) in [5.74, 6) is -0.0407. The molecule has 0 bridgehead atoms. The van der Waals surface area contributed by atoms with E-state index >= 15 is 0 Å². The standard InChI is InChI=1S/C26H29FN4O4/c1-5-35-24-21(26(33)7-9-34-15-26)10-18(13-30-24)20-12-19(14-29-16(20)2)31-23(32)17-6-8-28-22(11-17)25(3,4)27/h6,8,10-14,33H,5,7,9,15H2,1-4H3,(H,31,32). The molecular weight excluding hydrogens is 451 g/mol. The Hall–Kier alpha value is -3.43. The smallest absolute Gasteiger partial charge is 0.255 e. The van der Waals surface area contributed by atoms with Crippen molar-refractivity contribution in [3.63, 3.8) is 0 Å². The molecule has 1 amide bonds. The van der Waals surface area contributed by atoms with E-state index in [4.69, 9.17) is 9.47 Å². The highest BCUT2D eigenvalue weighted by molar-refractivity contribution is 6.04. The first-order valence-electron chi connectivity index (χ1n) is 11.5. The van der Waals surface area contributed by atoms with E-state index in [-0.39, 0.29) is 17.9 Å². The number of amides is 1. The number of anilines is 1. The fraction of sp³-hybridized carbons (Fsp3) is 0.385. The number of ether oxygens (including phenoxy) is 2. The summed E-state index contributed by atoms with van der Waals surface area (Å²) in [6, 6.07) is 6.59. The molecule has 3 aromatic rings. The van der Waals surface area contributed by atoms with Crippen molar-refractivity contribution in [2.45, 2.75) is 45.4 Å². The van der Waals surface area contributed by atoms with Crippen molar-refractivity contribution in [2.24, 2.45) is 0 Å². The van der Waals surface area contributed by atoms with Gasteiger partial charge in [-0.05, 0) is 52.0 Å². The predicted molar refractivity (Wildman–Crippen MR) is 129 cm³/mol. The molecule has 1 saturated heterocycles. The monoisotopic (exact) mass is 480 g/mol. The van der Waals surface area contributed by atoms with Gasteiger partial charge in [0.1, 0.15) is 11.3 Å². The molecule has 0 radical (unpaired) electrons. The molecule has 8 nitrogen and oxygen atoms in total. The highest BCUT2D eigenvalue weighted by Crippen LogP contribution is 2.38. The number of hydrogen-bond acceptors (Lipinski definition) is 7. The van der Waals surface area contributed by atoms with Crippen LogP contribution in [-0.2, 0) is 16.0 Å². The third-order valence-corrected chi connectivity index (χ3v) is 5.92. The summed E-state index contributed by atoms with van der Waals surface area (Å²) in [6.45, 7) is 7.51. The molecule has 1 unspecified atom stereocenters. The highest BCUT2D eigenvalue weighted by Gasteiger charge is 2.38. The van der Waals surface area contributed by atoms with Gasteiger partial charge >= 0.3 is 0 Å². The lowest BCUT2D eigenvalue weighted by Gasteiger charge is -2.24. The second-order valence-corrected chi connectivity index (χ2v) is 9.06. The maximum absolute atomic E-state index is 14.3. The third kappa shape index (κ3) is 5.31. The summed E-state index contributed by atoms with van der Waals surface area (Å²) in [5, 5.41) is 14.0. The number of nitrogens with zero attached hydrogens (tertiary/aromatic N) is 3. The van der Waals surface area contributed by atoms with E-state index in [2.05, 4.69) is 20.3 Å². The largest absolute Gasteiger partial charge is 0.478 e. The van der Waals surface area contributed by atoms with Crippen molar-refractivity contribution in [2.75, 3.05) is 25.1 Å². The summed E-state index contributed by atoms with van der Waals surface area (Å²) in [6.07, 6.45) is 5.06. The van der Waals surface area contributed by atoms with Crippen molar-refractivity contribution in [1.29, 1.82) is 0 Å². The number of carbonyl (C=O) groups excluding carboxylic acids is 1. The maximum atomic E-state index is 14.3. The Bertz CT molecular complexity index is 1240. The quantitative estimate of drug-likeness (QED) is 0.519. The molecule has 184 valence electrons. The summed E-state index contributed by atoms with van der Waals surface area (Å²) < 4.78 is 25.4. The minimum absolute atomic E-state index is 0.162. The Morgan fingerprint density at radius 2 is 2.06 bits per heavy atom. The fourth-order valence-electron chi connectivity index (χ4n) is 3.95. The Labute approximate surface area is 203 Å². The molecule has 1 aliphatic heterocycles. The van der Waals surface area contributed by atoms with E-state index in [0.717, 1.165) is 16.8 Å². The number of halogens is 1. The summed E-state index contributed by atoms with van der Waals surface area (Å²) in [7, 11) is 0. The molecule has 1 fully saturated rings. The SMILES string of the molecule is CCOc1ncc(-c2cc(NC(=O)c3ccnc(C(C)(C)F)c3)cnc2C)cc1C1(O)CCOC1. The van der Waals surface area contributed by atoms with Gasteiger partial charge in [-0.3, -0.25) is 14.8 Å². The van der Waals surface area contributed by atoms with Crippen molar-refractivity contribution in [3.8, 4) is 17.0 Å². The molecule has 0 saturated carbocycles. The Morgan fingerprint density at radius 1 is 1.26 bits per heavy atom. The van der Waals surface area contributed by atoms with Crippen LogP contribution in [0.1, 0.15) is 54.5 Å². The zero-order valence-corrected chi connectivity index (χ0v) is 20.3. The van der Waals surface area contributed by atoms with E-state index in [1.165, 1.54) is 32.2 Å². The van der Waals surface area contributed by atoms with Crippen LogP contribution in [0.25, 0.3) is 11.1 Å². The van der Waals surface area contributed by atoms with Crippen molar-refractivity contribution >= 4 is 11.6 Å². The van der Waals surface area contributed by atoms with Gasteiger partial charge < -0.3 is 19.9 Å². The minimum atomic E-state index is -1.67. The lowest BCUT2D eigenvalue weighted by molar-refractivity contribution is 0.0203. The van der Waals surface area contributed by atoms with E-state index < -0.39 is 17.2 Å². The first-order chi connectivity index (χ1) is 16.6. The molecule has 2 N–H and O–H groups in total. The van der Waals surface area contributed by atoms with Gasteiger partial charge in [-0.15, -0.1) is 0 Å². The number of aryl methyl sites for hydroxylation is 1. The number of carbonyl (C=O) groups is 1. The van der Waals surface area contributed by atoms with Crippen LogP contribution in [0.2, 0.25) is 0 Å². The second-order valence-electron chi connectivity index (χ2n) is 9.06. The lowest BCUT2D eigenvalue weighted by atomic mass is 9.91. The van der Waals surface area contributed by atoms with Gasteiger partial charge in [-0.1, -0.05) is 0 Å². The molecule has 1 atom stereocenters. The topological polar surface area (TPSA) is 106 Å². The maximum Gasteiger partial charge on any atom is 0.255 e. The molecule has 3 aromatic heterocycles. The molecule has 1 aliphatic rings. The van der Waals surface area contributed by atoms with Crippen LogP contribution in [0.3, 0.4) is 0 Å². The lowest BCUT2D eigenvalue weighted by Crippen LogP contribution is -2.27. The van der Waals surface area contributed by atoms with Crippen LogP contribution in [-0.4, -0.2) is 45.8 Å². The predicted octanol–water partition coefficient (Wildman–Crippen LogP) is 4.31. The number of nitrogens with one attached hydrogen (secondary N) is 1. The minimum Gasteiger partial charge on any atom is -0.478 e. The van der Waals surface area contributed by atoms with Gasteiger partial charge in [-0.2, -0.15) is 0 Å². The first kappa shape index (κ1) is 24.7. The van der Waals surface area contributed by atoms with Crippen LogP contribution in [0.4, 0.5) is 10.1 Å². The zero-order chi connectivity index (χ0) is 25.2. The van der Waals surface area contributed by atoms with E-state index in [1.807, 2.05) is 19.9 Å². The molecule has 0 spiro atoms. The second kappa shape index (κ2) is 9.67. The van der Waals surface area contributed by atoms with Crippen LogP contribution in [0.5, 0.6) is 5.88 Å². The normalized spacial score (nSPS) is 17.9. The summed E-state index contributed by atoms with van der Waals surface area (Å²) in [4.78, 5) is 25.7. The molecule has 4 rings (SSSR count). The van der Waals surface area contributed by atoms with Crippen LogP contribution in [0, 0.1) is 6.92 Å². The van der Waals surface area contributed by atoms with Crippen molar-refractivity contribution in [3.05, 3.63) is 65.4 Å². The summed E-state index contributed by atoms with van der Waals surface area (Å²) >= 11 is 0. The van der Waals surface area contributed by atoms with Gasteiger partial charge in [0.15, 0.2) is 0 Å². The third-order valence-electron chi connectivity index (χ3n) is 5.92. The van der Waals surface area contributed by atoms with Gasteiger partial charge in [0, 0.05) is 53.4 Å².